The highest BCUT2D eigenvalue weighted by atomic mass is 16.4. The Bertz CT molecular complexity index is 513. The molecule has 2 rings (SSSR count). The average molecular weight is 289 g/mol. The molecule has 1 unspecified atom stereocenters. The van der Waals surface area contributed by atoms with Crippen molar-refractivity contribution in [2.45, 2.75) is 39.0 Å². The second-order valence-corrected chi connectivity index (χ2v) is 5.92. The zero-order valence-electron chi connectivity index (χ0n) is 12.5. The van der Waals surface area contributed by atoms with Gasteiger partial charge in [0.25, 0.3) is 0 Å². The normalized spacial score (nSPS) is 18.0. The minimum Gasteiger partial charge on any atom is -0.481 e. The van der Waals surface area contributed by atoms with Crippen LogP contribution in [0.5, 0.6) is 0 Å². The molecule has 1 saturated heterocycles. The molecule has 0 radical (unpaired) electrons. The maximum Gasteiger partial charge on any atom is 0.303 e. The number of carboxylic acids is 1. The van der Waals surface area contributed by atoms with Crippen LogP contribution in [0, 0.1) is 12.8 Å². The van der Waals surface area contributed by atoms with E-state index < -0.39 is 5.97 Å². The van der Waals surface area contributed by atoms with E-state index in [4.69, 9.17) is 5.11 Å². The average Bonchev–Trinajstić information content (AvgIpc) is 2.91. The van der Waals surface area contributed by atoms with E-state index in [2.05, 4.69) is 25.1 Å². The molecule has 0 bridgehead atoms. The molecular formula is C17H23NO3. The number of carboxylic acid groups (broad SMARTS) is 1. The fraction of sp³-hybridized carbons (Fsp3) is 0.529. The largest absolute Gasteiger partial charge is 0.481 e. The molecular weight excluding hydrogens is 266 g/mol. The number of hydrogen-bond donors (Lipinski definition) is 1. The van der Waals surface area contributed by atoms with Crippen LogP contribution in [0.25, 0.3) is 0 Å². The van der Waals surface area contributed by atoms with Crippen molar-refractivity contribution in [1.29, 1.82) is 0 Å². The van der Waals surface area contributed by atoms with Crippen molar-refractivity contribution in [1.82, 2.24) is 4.90 Å². The molecule has 1 aromatic carbocycles. The SMILES string of the molecule is Cc1cccc(CCC(=O)N2CCC(CCC(=O)O)C2)c1. The van der Waals surface area contributed by atoms with E-state index >= 15 is 0 Å². The summed E-state index contributed by atoms with van der Waals surface area (Å²) in [5.74, 6) is -0.211. The number of likely N-dealkylation sites (tertiary alicyclic amines) is 1. The zero-order valence-corrected chi connectivity index (χ0v) is 12.5. The highest BCUT2D eigenvalue weighted by molar-refractivity contribution is 5.76. The quantitative estimate of drug-likeness (QED) is 0.876. The van der Waals surface area contributed by atoms with Gasteiger partial charge in [0.2, 0.25) is 5.91 Å². The lowest BCUT2D eigenvalue weighted by molar-refractivity contribution is -0.137. The van der Waals surface area contributed by atoms with Crippen LogP contribution >= 0.6 is 0 Å². The fourth-order valence-corrected chi connectivity index (χ4v) is 2.90. The molecule has 1 N–H and O–H groups in total. The van der Waals surface area contributed by atoms with Crippen molar-refractivity contribution in [2.75, 3.05) is 13.1 Å². The molecule has 1 atom stereocenters. The van der Waals surface area contributed by atoms with Gasteiger partial charge in [-0.15, -0.1) is 0 Å². The van der Waals surface area contributed by atoms with E-state index in [1.807, 2.05) is 11.0 Å². The number of aliphatic carboxylic acids is 1. The summed E-state index contributed by atoms with van der Waals surface area (Å²) in [5, 5.41) is 8.70. The number of amides is 1. The van der Waals surface area contributed by atoms with Gasteiger partial charge in [-0.05, 0) is 37.7 Å². The highest BCUT2D eigenvalue weighted by Gasteiger charge is 2.26. The molecule has 4 nitrogen and oxygen atoms in total. The molecule has 0 spiro atoms. The molecule has 0 aliphatic carbocycles. The van der Waals surface area contributed by atoms with E-state index in [0.717, 1.165) is 25.9 Å². The number of rotatable bonds is 6. The van der Waals surface area contributed by atoms with E-state index in [9.17, 15) is 9.59 Å². The standard InChI is InChI=1S/C17H23NO3/c1-13-3-2-4-14(11-13)5-7-16(19)18-10-9-15(12-18)6-8-17(20)21/h2-4,11,15H,5-10,12H2,1H3,(H,20,21). The molecule has 4 heteroatoms. The van der Waals surface area contributed by atoms with Crippen LogP contribution in [-0.2, 0) is 16.0 Å². The lowest BCUT2D eigenvalue weighted by Gasteiger charge is -2.16. The van der Waals surface area contributed by atoms with Gasteiger partial charge in [-0.2, -0.15) is 0 Å². The van der Waals surface area contributed by atoms with Crippen LogP contribution in [0.3, 0.4) is 0 Å². The molecule has 1 heterocycles. The van der Waals surface area contributed by atoms with Gasteiger partial charge in [0, 0.05) is 25.9 Å². The molecule has 1 aliphatic heterocycles. The molecule has 21 heavy (non-hydrogen) atoms. The summed E-state index contributed by atoms with van der Waals surface area (Å²) >= 11 is 0. The second-order valence-electron chi connectivity index (χ2n) is 5.92. The fourth-order valence-electron chi connectivity index (χ4n) is 2.90. The Morgan fingerprint density at radius 3 is 2.86 bits per heavy atom. The number of benzene rings is 1. The molecule has 1 fully saturated rings. The summed E-state index contributed by atoms with van der Waals surface area (Å²) in [5.41, 5.74) is 2.42. The van der Waals surface area contributed by atoms with Gasteiger partial charge in [0.15, 0.2) is 0 Å². The number of aryl methyl sites for hydroxylation is 2. The summed E-state index contributed by atoms with van der Waals surface area (Å²) in [6, 6.07) is 8.25. The first kappa shape index (κ1) is 15.5. The maximum atomic E-state index is 12.2. The van der Waals surface area contributed by atoms with Crippen molar-refractivity contribution in [3.8, 4) is 0 Å². The van der Waals surface area contributed by atoms with Gasteiger partial charge in [-0.3, -0.25) is 9.59 Å². The summed E-state index contributed by atoms with van der Waals surface area (Å²) in [6.07, 6.45) is 3.13. The summed E-state index contributed by atoms with van der Waals surface area (Å²) in [4.78, 5) is 24.7. The third-order valence-corrected chi connectivity index (χ3v) is 4.12. The Hall–Kier alpha value is -1.84. The molecule has 1 aromatic rings. The van der Waals surface area contributed by atoms with E-state index in [0.29, 0.717) is 18.8 Å². The first-order valence-corrected chi connectivity index (χ1v) is 7.59. The van der Waals surface area contributed by atoms with Gasteiger partial charge >= 0.3 is 5.97 Å². The number of nitrogens with zero attached hydrogens (tertiary/aromatic N) is 1. The van der Waals surface area contributed by atoms with E-state index in [1.54, 1.807) is 0 Å². The molecule has 1 amide bonds. The van der Waals surface area contributed by atoms with Gasteiger partial charge < -0.3 is 10.0 Å². The van der Waals surface area contributed by atoms with E-state index in [1.165, 1.54) is 11.1 Å². The predicted octanol–water partition coefficient (Wildman–Crippen LogP) is 2.64. The lowest BCUT2D eigenvalue weighted by atomic mass is 10.0. The number of carbonyl (C=O) groups excluding carboxylic acids is 1. The topological polar surface area (TPSA) is 57.6 Å². The monoisotopic (exact) mass is 289 g/mol. The number of hydrogen-bond acceptors (Lipinski definition) is 2. The van der Waals surface area contributed by atoms with Crippen molar-refractivity contribution in [3.05, 3.63) is 35.4 Å². The van der Waals surface area contributed by atoms with Crippen LogP contribution in [0.4, 0.5) is 0 Å². The summed E-state index contributed by atoms with van der Waals surface area (Å²) in [6.45, 7) is 3.55. The summed E-state index contributed by atoms with van der Waals surface area (Å²) < 4.78 is 0. The molecule has 1 aliphatic rings. The Balaban J connectivity index is 1.75. The minimum absolute atomic E-state index is 0.189. The van der Waals surface area contributed by atoms with Crippen LogP contribution in [0.2, 0.25) is 0 Å². The minimum atomic E-state index is -0.751. The highest BCUT2D eigenvalue weighted by Crippen LogP contribution is 2.22. The Kier molecular flexibility index (Phi) is 5.37. The molecule has 0 saturated carbocycles. The van der Waals surface area contributed by atoms with Crippen molar-refractivity contribution in [2.24, 2.45) is 5.92 Å². The van der Waals surface area contributed by atoms with Crippen molar-refractivity contribution < 1.29 is 14.7 Å². The van der Waals surface area contributed by atoms with Gasteiger partial charge in [-0.1, -0.05) is 29.8 Å². The smallest absolute Gasteiger partial charge is 0.303 e. The predicted molar refractivity (Wildman–Crippen MR) is 81.1 cm³/mol. The summed E-state index contributed by atoms with van der Waals surface area (Å²) in [7, 11) is 0. The Morgan fingerprint density at radius 1 is 1.33 bits per heavy atom. The van der Waals surface area contributed by atoms with Gasteiger partial charge in [0.1, 0.15) is 0 Å². The van der Waals surface area contributed by atoms with Crippen LogP contribution in [-0.4, -0.2) is 35.0 Å². The third-order valence-electron chi connectivity index (χ3n) is 4.12. The van der Waals surface area contributed by atoms with E-state index in [-0.39, 0.29) is 12.3 Å². The van der Waals surface area contributed by atoms with Gasteiger partial charge in [-0.25, -0.2) is 0 Å². The van der Waals surface area contributed by atoms with Crippen LogP contribution < -0.4 is 0 Å². The first-order chi connectivity index (χ1) is 10.0. The third kappa shape index (κ3) is 4.88. The zero-order chi connectivity index (χ0) is 15.2. The second kappa shape index (κ2) is 7.25. The molecule has 0 aromatic heterocycles. The van der Waals surface area contributed by atoms with Gasteiger partial charge in [0.05, 0.1) is 0 Å². The number of carbonyl (C=O) groups is 2. The van der Waals surface area contributed by atoms with Crippen LogP contribution in [0.15, 0.2) is 24.3 Å². The lowest BCUT2D eigenvalue weighted by Crippen LogP contribution is -2.28. The van der Waals surface area contributed by atoms with Crippen molar-refractivity contribution in [3.63, 3.8) is 0 Å². The van der Waals surface area contributed by atoms with Crippen LogP contribution in [0.1, 0.15) is 36.8 Å². The Morgan fingerprint density at radius 2 is 2.14 bits per heavy atom. The first-order valence-electron chi connectivity index (χ1n) is 7.59. The molecule has 114 valence electrons. The van der Waals surface area contributed by atoms with Crippen molar-refractivity contribution >= 4 is 11.9 Å². The Labute approximate surface area is 125 Å². The maximum absolute atomic E-state index is 12.2.